The normalized spacial score (nSPS) is 11.6. The van der Waals surface area contributed by atoms with Gasteiger partial charge in [-0.3, -0.25) is 4.79 Å². The highest BCUT2D eigenvalue weighted by molar-refractivity contribution is 8.00. The predicted octanol–water partition coefficient (Wildman–Crippen LogP) is 3.04. The molecule has 2 rings (SSSR count). The van der Waals surface area contributed by atoms with Gasteiger partial charge >= 0.3 is 6.18 Å². The fraction of sp³-hybridized carbons (Fsp3) is 0.182. The van der Waals surface area contributed by atoms with Crippen molar-refractivity contribution >= 4 is 29.0 Å². The number of carbonyl (C=O) groups is 1. The molecule has 0 radical (unpaired) electrons. The Bertz CT molecular complexity index is 655. The van der Waals surface area contributed by atoms with Gasteiger partial charge in [-0.1, -0.05) is 35.2 Å². The number of nitrogens with zero attached hydrogens (tertiary/aromatic N) is 2. The number of carbonyl (C=O) groups excluding carboxylic acids is 1. The maximum absolute atomic E-state index is 13.2. The Balaban J connectivity index is 2.69. The summed E-state index contributed by atoms with van der Waals surface area (Å²) >= 11 is 2.31. The van der Waals surface area contributed by atoms with Crippen LogP contribution in [0.2, 0.25) is 0 Å². The van der Waals surface area contributed by atoms with E-state index in [1.54, 1.807) is 6.26 Å². The lowest BCUT2D eigenvalue weighted by atomic mass is 10.0. The van der Waals surface area contributed by atoms with Gasteiger partial charge in [0.05, 0.1) is 11.1 Å². The van der Waals surface area contributed by atoms with Gasteiger partial charge < -0.3 is 5.73 Å². The second-order valence-corrected chi connectivity index (χ2v) is 5.70. The highest BCUT2D eigenvalue weighted by atomic mass is 32.2. The smallest absolute Gasteiger partial charge is 0.366 e. The van der Waals surface area contributed by atoms with Crippen molar-refractivity contribution < 1.29 is 18.0 Å². The molecule has 0 aliphatic carbocycles. The molecule has 2 aromatic rings. The number of hydrogen-bond acceptors (Lipinski definition) is 5. The summed E-state index contributed by atoms with van der Waals surface area (Å²) in [5.41, 5.74) is 3.18. The highest BCUT2D eigenvalue weighted by Crippen LogP contribution is 2.40. The monoisotopic (exact) mass is 319 g/mol. The number of rotatable bonds is 3. The topological polar surface area (TPSA) is 68.9 Å². The molecule has 0 atom stereocenters. The van der Waals surface area contributed by atoms with Crippen molar-refractivity contribution in [3.05, 3.63) is 29.3 Å². The molecular formula is C11H8F3N3OS2. The molecule has 1 amide bonds. The third kappa shape index (κ3) is 2.78. The van der Waals surface area contributed by atoms with Crippen LogP contribution in [0.5, 0.6) is 0 Å². The lowest BCUT2D eigenvalue weighted by Crippen LogP contribution is -2.19. The molecule has 0 aliphatic rings. The molecule has 0 unspecified atom stereocenters. The molecule has 1 aromatic heterocycles. The SMILES string of the molecule is CSc1nnc(-c2cccc(C(N)=O)c2C(F)(F)F)s1. The number of hydrogen-bond donors (Lipinski definition) is 1. The molecule has 9 heteroatoms. The molecule has 1 heterocycles. The number of primary amides is 1. The molecule has 20 heavy (non-hydrogen) atoms. The van der Waals surface area contributed by atoms with E-state index in [-0.39, 0.29) is 10.6 Å². The van der Waals surface area contributed by atoms with Crippen LogP contribution < -0.4 is 5.73 Å². The Morgan fingerprint density at radius 3 is 2.55 bits per heavy atom. The third-order valence-electron chi connectivity index (χ3n) is 2.42. The molecule has 2 N–H and O–H groups in total. The lowest BCUT2D eigenvalue weighted by molar-refractivity contribution is -0.137. The first kappa shape index (κ1) is 14.8. The second kappa shape index (κ2) is 5.41. The van der Waals surface area contributed by atoms with Crippen molar-refractivity contribution in [3.63, 3.8) is 0 Å². The van der Waals surface area contributed by atoms with Crippen LogP contribution in [-0.2, 0) is 6.18 Å². The van der Waals surface area contributed by atoms with E-state index in [2.05, 4.69) is 10.2 Å². The minimum Gasteiger partial charge on any atom is -0.366 e. The van der Waals surface area contributed by atoms with E-state index in [9.17, 15) is 18.0 Å². The van der Waals surface area contributed by atoms with Gasteiger partial charge in [0.25, 0.3) is 0 Å². The van der Waals surface area contributed by atoms with Gasteiger partial charge in [-0.2, -0.15) is 13.2 Å². The summed E-state index contributed by atoms with van der Waals surface area (Å²) in [6.07, 6.45) is -2.96. The maximum Gasteiger partial charge on any atom is 0.417 e. The van der Waals surface area contributed by atoms with E-state index >= 15 is 0 Å². The average molecular weight is 319 g/mol. The van der Waals surface area contributed by atoms with Crippen molar-refractivity contribution in [2.75, 3.05) is 6.26 Å². The number of nitrogens with two attached hydrogens (primary N) is 1. The van der Waals surface area contributed by atoms with Crippen LogP contribution in [0.25, 0.3) is 10.6 Å². The zero-order valence-electron chi connectivity index (χ0n) is 10.1. The molecule has 0 saturated heterocycles. The maximum atomic E-state index is 13.2. The van der Waals surface area contributed by atoms with Crippen molar-refractivity contribution in [1.82, 2.24) is 10.2 Å². The van der Waals surface area contributed by atoms with Crippen LogP contribution in [0.1, 0.15) is 15.9 Å². The van der Waals surface area contributed by atoms with E-state index in [1.807, 2.05) is 0 Å². The molecule has 0 spiro atoms. The molecule has 0 bridgehead atoms. The zero-order chi connectivity index (χ0) is 14.9. The Morgan fingerprint density at radius 1 is 1.35 bits per heavy atom. The van der Waals surface area contributed by atoms with Gasteiger partial charge in [0, 0.05) is 5.56 Å². The van der Waals surface area contributed by atoms with Crippen LogP contribution in [0.4, 0.5) is 13.2 Å². The summed E-state index contributed by atoms with van der Waals surface area (Å²) in [7, 11) is 0. The standard InChI is InChI=1S/C11H8F3N3OS2/c1-19-10-17-16-9(20-10)6-4-2-3-5(8(15)18)7(6)11(12,13)14/h2-4H,1H3,(H2,15,18). The summed E-state index contributed by atoms with van der Waals surface area (Å²) in [6.45, 7) is 0. The van der Waals surface area contributed by atoms with E-state index in [0.29, 0.717) is 4.34 Å². The highest BCUT2D eigenvalue weighted by Gasteiger charge is 2.38. The minimum absolute atomic E-state index is 0.102. The van der Waals surface area contributed by atoms with Crippen molar-refractivity contribution in [2.45, 2.75) is 10.5 Å². The van der Waals surface area contributed by atoms with Gasteiger partial charge in [-0.05, 0) is 12.3 Å². The molecule has 0 saturated carbocycles. The van der Waals surface area contributed by atoms with E-state index in [1.165, 1.54) is 23.9 Å². The Labute approximate surface area is 120 Å². The Kier molecular flexibility index (Phi) is 4.00. The van der Waals surface area contributed by atoms with Crippen molar-refractivity contribution in [2.24, 2.45) is 5.73 Å². The fourth-order valence-corrected chi connectivity index (χ4v) is 2.94. The number of halogens is 3. The summed E-state index contributed by atoms with van der Waals surface area (Å²) in [5, 5.41) is 7.59. The van der Waals surface area contributed by atoms with Crippen LogP contribution in [0, 0.1) is 0 Å². The number of aromatic nitrogens is 2. The predicted molar refractivity (Wildman–Crippen MR) is 70.6 cm³/mol. The van der Waals surface area contributed by atoms with Gasteiger partial charge in [0.2, 0.25) is 5.91 Å². The number of amides is 1. The summed E-state index contributed by atoms with van der Waals surface area (Å²) in [6, 6.07) is 3.63. The molecule has 4 nitrogen and oxygen atoms in total. The van der Waals surface area contributed by atoms with Crippen molar-refractivity contribution in [3.8, 4) is 10.6 Å². The van der Waals surface area contributed by atoms with Crippen molar-refractivity contribution in [1.29, 1.82) is 0 Å². The first-order chi connectivity index (χ1) is 9.34. The average Bonchev–Trinajstić information content (AvgIpc) is 2.85. The summed E-state index contributed by atoms with van der Waals surface area (Å²) < 4.78 is 40.1. The molecule has 0 fully saturated rings. The van der Waals surface area contributed by atoms with E-state index < -0.39 is 23.2 Å². The Morgan fingerprint density at radius 2 is 2.05 bits per heavy atom. The number of benzene rings is 1. The molecule has 0 aliphatic heterocycles. The second-order valence-electron chi connectivity index (χ2n) is 3.67. The Hall–Kier alpha value is -1.61. The molecule has 106 valence electrons. The largest absolute Gasteiger partial charge is 0.417 e. The van der Waals surface area contributed by atoms with Gasteiger partial charge in [-0.15, -0.1) is 10.2 Å². The van der Waals surface area contributed by atoms with Gasteiger partial charge in [0.1, 0.15) is 5.01 Å². The summed E-state index contributed by atoms with van der Waals surface area (Å²) in [5.74, 6) is -1.13. The van der Waals surface area contributed by atoms with Crippen LogP contribution in [0.15, 0.2) is 22.5 Å². The first-order valence-electron chi connectivity index (χ1n) is 5.22. The third-order valence-corrected chi connectivity index (χ3v) is 4.36. The van der Waals surface area contributed by atoms with E-state index in [4.69, 9.17) is 5.73 Å². The number of alkyl halides is 3. The number of thioether (sulfide) groups is 1. The quantitative estimate of drug-likeness (QED) is 0.883. The van der Waals surface area contributed by atoms with Gasteiger partial charge in [-0.25, -0.2) is 0 Å². The fourth-order valence-electron chi connectivity index (χ4n) is 1.64. The molecule has 1 aromatic carbocycles. The molecular weight excluding hydrogens is 311 g/mol. The first-order valence-corrected chi connectivity index (χ1v) is 7.26. The van der Waals surface area contributed by atoms with Crippen LogP contribution in [-0.4, -0.2) is 22.4 Å². The van der Waals surface area contributed by atoms with Gasteiger partial charge in [0.15, 0.2) is 4.34 Å². The zero-order valence-corrected chi connectivity index (χ0v) is 11.7. The van der Waals surface area contributed by atoms with E-state index in [0.717, 1.165) is 17.4 Å². The summed E-state index contributed by atoms with van der Waals surface area (Å²) in [4.78, 5) is 11.2. The van der Waals surface area contributed by atoms with Crippen LogP contribution in [0.3, 0.4) is 0 Å². The lowest BCUT2D eigenvalue weighted by Gasteiger charge is -2.14. The van der Waals surface area contributed by atoms with Crippen LogP contribution >= 0.6 is 23.1 Å². The minimum atomic E-state index is -4.70.